The number of amides is 1. The molecule has 1 heterocycles. The highest BCUT2D eigenvalue weighted by Crippen LogP contribution is 2.35. The van der Waals surface area contributed by atoms with Gasteiger partial charge in [0.2, 0.25) is 5.91 Å². The first-order chi connectivity index (χ1) is 10.1. The molecule has 0 unspecified atom stereocenters. The Hall–Kier alpha value is -2.56. The number of primary amides is 1. The molecule has 1 aliphatic heterocycles. The highest BCUT2D eigenvalue weighted by molar-refractivity contribution is 5.92. The minimum absolute atomic E-state index is 0.0702. The quantitative estimate of drug-likeness (QED) is 0.911. The van der Waals surface area contributed by atoms with Crippen LogP contribution in [0.4, 0.5) is 10.1 Å². The van der Waals surface area contributed by atoms with E-state index in [1.165, 1.54) is 12.1 Å². The van der Waals surface area contributed by atoms with Crippen LogP contribution in [0.5, 0.6) is 11.5 Å². The summed E-state index contributed by atoms with van der Waals surface area (Å²) in [5, 5.41) is 3.28. The largest absolute Gasteiger partial charge is 0.452 e. The molecular formula is C16H15FN2O2. The summed E-state index contributed by atoms with van der Waals surface area (Å²) >= 11 is 0. The summed E-state index contributed by atoms with van der Waals surface area (Å²) in [5.74, 6) is -0.627. The van der Waals surface area contributed by atoms with Gasteiger partial charge in [0.25, 0.3) is 0 Å². The molecule has 21 heavy (non-hydrogen) atoms. The number of ether oxygens (including phenoxy) is 1. The fourth-order valence-electron chi connectivity index (χ4n) is 2.42. The van der Waals surface area contributed by atoms with E-state index in [2.05, 4.69) is 5.32 Å². The Balaban J connectivity index is 1.92. The summed E-state index contributed by atoms with van der Waals surface area (Å²) in [7, 11) is 0. The molecule has 0 saturated carbocycles. The predicted molar refractivity (Wildman–Crippen MR) is 78.2 cm³/mol. The van der Waals surface area contributed by atoms with E-state index >= 15 is 0 Å². The highest BCUT2D eigenvalue weighted by Gasteiger charge is 2.15. The summed E-state index contributed by atoms with van der Waals surface area (Å²) in [4.78, 5) is 11.0. The number of hydrogen-bond donors (Lipinski definition) is 2. The van der Waals surface area contributed by atoms with Crippen molar-refractivity contribution in [2.75, 3.05) is 11.9 Å². The van der Waals surface area contributed by atoms with Crippen molar-refractivity contribution < 1.29 is 13.9 Å². The van der Waals surface area contributed by atoms with Crippen LogP contribution < -0.4 is 15.8 Å². The third-order valence-electron chi connectivity index (χ3n) is 3.47. The molecule has 0 bridgehead atoms. The second-order valence-corrected chi connectivity index (χ2v) is 4.93. The van der Waals surface area contributed by atoms with E-state index in [9.17, 15) is 9.18 Å². The molecule has 3 N–H and O–H groups in total. The van der Waals surface area contributed by atoms with E-state index in [1.54, 1.807) is 6.07 Å². The van der Waals surface area contributed by atoms with Crippen molar-refractivity contribution >= 4 is 11.6 Å². The van der Waals surface area contributed by atoms with Crippen LogP contribution in [0.3, 0.4) is 0 Å². The summed E-state index contributed by atoms with van der Waals surface area (Å²) < 4.78 is 19.6. The molecule has 0 atom stereocenters. The molecule has 0 aliphatic carbocycles. The molecule has 1 amide bonds. The van der Waals surface area contributed by atoms with Crippen LogP contribution in [-0.4, -0.2) is 12.5 Å². The van der Waals surface area contributed by atoms with Gasteiger partial charge < -0.3 is 15.8 Å². The average molecular weight is 286 g/mol. The highest BCUT2D eigenvalue weighted by atomic mass is 19.1. The van der Waals surface area contributed by atoms with E-state index in [0.29, 0.717) is 5.75 Å². The molecule has 2 aromatic rings. The Kier molecular flexibility index (Phi) is 3.48. The number of nitrogens with two attached hydrogens (primary N) is 1. The van der Waals surface area contributed by atoms with Crippen LogP contribution in [0.15, 0.2) is 36.4 Å². The number of nitrogens with one attached hydrogen (secondary N) is 1. The van der Waals surface area contributed by atoms with Gasteiger partial charge in [-0.15, -0.1) is 0 Å². The third-order valence-corrected chi connectivity index (χ3v) is 3.47. The van der Waals surface area contributed by atoms with Crippen LogP contribution in [-0.2, 0) is 6.42 Å². The normalized spacial score (nSPS) is 13.2. The van der Waals surface area contributed by atoms with Crippen molar-refractivity contribution in [2.24, 2.45) is 5.73 Å². The maximum absolute atomic E-state index is 14.0. The van der Waals surface area contributed by atoms with Crippen molar-refractivity contribution in [1.29, 1.82) is 0 Å². The number of halogens is 1. The summed E-state index contributed by atoms with van der Waals surface area (Å²) in [6.07, 6.45) is 2.04. The van der Waals surface area contributed by atoms with Crippen LogP contribution in [0.1, 0.15) is 22.3 Å². The average Bonchev–Trinajstić information content (AvgIpc) is 2.49. The number of benzene rings is 2. The van der Waals surface area contributed by atoms with Crippen molar-refractivity contribution in [3.05, 3.63) is 53.3 Å². The summed E-state index contributed by atoms with van der Waals surface area (Å²) in [5.41, 5.74) is 7.30. The zero-order valence-corrected chi connectivity index (χ0v) is 11.4. The Morgan fingerprint density at radius 1 is 1.24 bits per heavy atom. The fourth-order valence-corrected chi connectivity index (χ4v) is 2.42. The molecule has 0 radical (unpaired) electrons. The van der Waals surface area contributed by atoms with Crippen LogP contribution in [0.25, 0.3) is 0 Å². The molecule has 1 aliphatic rings. The third kappa shape index (κ3) is 2.67. The van der Waals surface area contributed by atoms with E-state index in [1.807, 2.05) is 12.1 Å². The van der Waals surface area contributed by atoms with Crippen molar-refractivity contribution in [1.82, 2.24) is 0 Å². The Morgan fingerprint density at radius 3 is 2.86 bits per heavy atom. The van der Waals surface area contributed by atoms with E-state index in [0.717, 1.165) is 36.7 Å². The van der Waals surface area contributed by atoms with Gasteiger partial charge in [0.15, 0.2) is 17.3 Å². The maximum Gasteiger partial charge on any atom is 0.248 e. The molecular weight excluding hydrogens is 271 g/mol. The number of rotatable bonds is 3. The number of hydrogen-bond acceptors (Lipinski definition) is 3. The predicted octanol–water partition coefficient (Wildman–Crippen LogP) is 3.08. The SMILES string of the molecule is NC(=O)c1ccc(Oc2cccc3c2NCCC3)c(F)c1. The topological polar surface area (TPSA) is 64.4 Å². The van der Waals surface area contributed by atoms with Gasteiger partial charge in [0, 0.05) is 12.1 Å². The second-order valence-electron chi connectivity index (χ2n) is 4.93. The van der Waals surface area contributed by atoms with Crippen molar-refractivity contribution in [2.45, 2.75) is 12.8 Å². The van der Waals surface area contributed by atoms with Crippen molar-refractivity contribution in [3.63, 3.8) is 0 Å². The smallest absolute Gasteiger partial charge is 0.248 e. The van der Waals surface area contributed by atoms with Gasteiger partial charge in [-0.2, -0.15) is 0 Å². The molecule has 0 saturated heterocycles. The van der Waals surface area contributed by atoms with Gasteiger partial charge in [-0.25, -0.2) is 4.39 Å². The van der Waals surface area contributed by atoms with Crippen LogP contribution in [0, 0.1) is 5.82 Å². The Labute approximate surface area is 121 Å². The van der Waals surface area contributed by atoms with Gasteiger partial charge in [-0.3, -0.25) is 4.79 Å². The molecule has 3 rings (SSSR count). The van der Waals surface area contributed by atoms with Crippen molar-refractivity contribution in [3.8, 4) is 11.5 Å². The monoisotopic (exact) mass is 286 g/mol. The molecule has 2 aromatic carbocycles. The minimum Gasteiger partial charge on any atom is -0.452 e. The first-order valence-corrected chi connectivity index (χ1v) is 6.78. The first kappa shape index (κ1) is 13.4. The fraction of sp³-hybridized carbons (Fsp3) is 0.188. The van der Waals surface area contributed by atoms with E-state index in [-0.39, 0.29) is 11.3 Å². The lowest BCUT2D eigenvalue weighted by Crippen LogP contribution is -2.13. The standard InChI is InChI=1S/C16H15FN2O2/c17-12-9-11(16(18)20)6-7-13(12)21-14-5-1-3-10-4-2-8-19-15(10)14/h1,3,5-7,9,19H,2,4,8H2,(H2,18,20). The number of fused-ring (bicyclic) bond motifs is 1. The Bertz CT molecular complexity index is 701. The summed E-state index contributed by atoms with van der Waals surface area (Å²) in [6.45, 7) is 0.871. The number of aryl methyl sites for hydroxylation is 1. The zero-order chi connectivity index (χ0) is 14.8. The van der Waals surface area contributed by atoms with Gasteiger partial charge in [-0.05, 0) is 42.7 Å². The van der Waals surface area contributed by atoms with Gasteiger partial charge in [-0.1, -0.05) is 12.1 Å². The molecule has 4 nitrogen and oxygen atoms in total. The number of para-hydroxylation sites is 1. The molecule has 0 aromatic heterocycles. The van der Waals surface area contributed by atoms with E-state index < -0.39 is 11.7 Å². The number of anilines is 1. The lowest BCUT2D eigenvalue weighted by Gasteiger charge is -2.21. The first-order valence-electron chi connectivity index (χ1n) is 6.78. The lowest BCUT2D eigenvalue weighted by molar-refractivity contribution is 0.1000. The van der Waals surface area contributed by atoms with Gasteiger partial charge >= 0.3 is 0 Å². The second kappa shape index (κ2) is 5.44. The zero-order valence-electron chi connectivity index (χ0n) is 11.4. The van der Waals surface area contributed by atoms with Gasteiger partial charge in [0.1, 0.15) is 0 Å². The van der Waals surface area contributed by atoms with Crippen LogP contribution in [0.2, 0.25) is 0 Å². The molecule has 0 spiro atoms. The number of carbonyl (C=O) groups excluding carboxylic acids is 1. The molecule has 0 fully saturated rings. The molecule has 108 valence electrons. The Morgan fingerprint density at radius 2 is 2.10 bits per heavy atom. The summed E-state index contributed by atoms with van der Waals surface area (Å²) in [6, 6.07) is 9.65. The molecule has 5 heteroatoms. The van der Waals surface area contributed by atoms with E-state index in [4.69, 9.17) is 10.5 Å². The lowest BCUT2D eigenvalue weighted by atomic mass is 10.0. The maximum atomic E-state index is 14.0. The van der Waals surface area contributed by atoms with Crippen LogP contribution >= 0.6 is 0 Å². The van der Waals surface area contributed by atoms with Gasteiger partial charge in [0.05, 0.1) is 5.69 Å². The minimum atomic E-state index is -0.667. The number of carbonyl (C=O) groups is 1.